The van der Waals surface area contributed by atoms with Gasteiger partial charge in [0, 0.05) is 19.3 Å². The topological polar surface area (TPSA) is 68.5 Å². The SMILES string of the molecule is CC(Oc1cccnc1)C(=O)N1CCC(CN)C1. The molecule has 0 aliphatic carbocycles. The summed E-state index contributed by atoms with van der Waals surface area (Å²) < 4.78 is 5.57. The van der Waals surface area contributed by atoms with Crippen LogP contribution in [0.5, 0.6) is 5.75 Å². The first-order valence-electron chi connectivity index (χ1n) is 6.26. The second-order valence-electron chi connectivity index (χ2n) is 4.62. The lowest BCUT2D eigenvalue weighted by Crippen LogP contribution is -2.39. The van der Waals surface area contributed by atoms with E-state index in [2.05, 4.69) is 4.98 Å². The Kier molecular flexibility index (Phi) is 4.15. The van der Waals surface area contributed by atoms with Crippen LogP contribution in [0.25, 0.3) is 0 Å². The summed E-state index contributed by atoms with van der Waals surface area (Å²) in [5.41, 5.74) is 5.62. The maximum Gasteiger partial charge on any atom is 0.263 e. The Labute approximate surface area is 107 Å². The molecular weight excluding hydrogens is 230 g/mol. The summed E-state index contributed by atoms with van der Waals surface area (Å²) in [5, 5.41) is 0. The molecule has 0 spiro atoms. The number of nitrogens with zero attached hydrogens (tertiary/aromatic N) is 2. The van der Waals surface area contributed by atoms with Crippen LogP contribution in [0.2, 0.25) is 0 Å². The molecule has 2 unspecified atom stereocenters. The number of ether oxygens (including phenoxy) is 1. The molecule has 5 nitrogen and oxygen atoms in total. The second-order valence-corrected chi connectivity index (χ2v) is 4.62. The van der Waals surface area contributed by atoms with E-state index >= 15 is 0 Å². The summed E-state index contributed by atoms with van der Waals surface area (Å²) in [7, 11) is 0. The fourth-order valence-corrected chi connectivity index (χ4v) is 2.15. The summed E-state index contributed by atoms with van der Waals surface area (Å²) in [5.74, 6) is 1.07. The molecule has 1 saturated heterocycles. The normalized spacial score (nSPS) is 20.8. The third-order valence-corrected chi connectivity index (χ3v) is 3.23. The van der Waals surface area contributed by atoms with Crippen molar-refractivity contribution in [2.45, 2.75) is 19.4 Å². The molecule has 1 aliphatic heterocycles. The lowest BCUT2D eigenvalue weighted by atomic mass is 10.1. The highest BCUT2D eigenvalue weighted by Gasteiger charge is 2.29. The molecule has 2 N–H and O–H groups in total. The van der Waals surface area contributed by atoms with Crippen molar-refractivity contribution in [1.29, 1.82) is 0 Å². The first kappa shape index (κ1) is 12.8. The van der Waals surface area contributed by atoms with Gasteiger partial charge < -0.3 is 15.4 Å². The molecule has 18 heavy (non-hydrogen) atoms. The summed E-state index contributed by atoms with van der Waals surface area (Å²) in [6.45, 7) is 3.93. The Morgan fingerprint density at radius 2 is 2.56 bits per heavy atom. The van der Waals surface area contributed by atoms with Crippen molar-refractivity contribution in [3.05, 3.63) is 24.5 Å². The smallest absolute Gasteiger partial charge is 0.263 e. The molecule has 5 heteroatoms. The average molecular weight is 249 g/mol. The quantitative estimate of drug-likeness (QED) is 0.851. The van der Waals surface area contributed by atoms with E-state index in [0.29, 0.717) is 18.2 Å². The average Bonchev–Trinajstić information content (AvgIpc) is 2.87. The number of aromatic nitrogens is 1. The first-order chi connectivity index (χ1) is 8.70. The van der Waals surface area contributed by atoms with Crippen LogP contribution < -0.4 is 10.5 Å². The molecule has 98 valence electrons. The Morgan fingerprint density at radius 1 is 1.72 bits per heavy atom. The van der Waals surface area contributed by atoms with Crippen molar-refractivity contribution in [2.24, 2.45) is 11.7 Å². The molecule has 2 atom stereocenters. The maximum atomic E-state index is 12.2. The van der Waals surface area contributed by atoms with E-state index in [1.54, 1.807) is 31.5 Å². The van der Waals surface area contributed by atoms with Crippen LogP contribution in [0.3, 0.4) is 0 Å². The van der Waals surface area contributed by atoms with Crippen molar-refractivity contribution in [1.82, 2.24) is 9.88 Å². The zero-order valence-corrected chi connectivity index (χ0v) is 10.6. The maximum absolute atomic E-state index is 12.2. The molecule has 0 aromatic carbocycles. The lowest BCUT2D eigenvalue weighted by Gasteiger charge is -2.21. The van der Waals surface area contributed by atoms with Crippen LogP contribution in [0, 0.1) is 5.92 Å². The van der Waals surface area contributed by atoms with Gasteiger partial charge in [-0.05, 0) is 37.9 Å². The number of rotatable bonds is 4. The Balaban J connectivity index is 1.89. The van der Waals surface area contributed by atoms with E-state index < -0.39 is 6.10 Å². The number of likely N-dealkylation sites (tertiary alicyclic amines) is 1. The van der Waals surface area contributed by atoms with Crippen molar-refractivity contribution in [3.8, 4) is 5.75 Å². The number of carbonyl (C=O) groups excluding carboxylic acids is 1. The highest BCUT2D eigenvalue weighted by molar-refractivity contribution is 5.81. The molecule has 1 aromatic rings. The van der Waals surface area contributed by atoms with Crippen molar-refractivity contribution >= 4 is 5.91 Å². The molecule has 1 aromatic heterocycles. The van der Waals surface area contributed by atoms with Gasteiger partial charge in [0.2, 0.25) is 0 Å². The van der Waals surface area contributed by atoms with E-state index in [-0.39, 0.29) is 5.91 Å². The number of nitrogens with two attached hydrogens (primary N) is 1. The van der Waals surface area contributed by atoms with Crippen LogP contribution in [-0.2, 0) is 4.79 Å². The summed E-state index contributed by atoms with van der Waals surface area (Å²) >= 11 is 0. The minimum Gasteiger partial charge on any atom is -0.479 e. The predicted octanol–water partition coefficient (Wildman–Crippen LogP) is 0.656. The van der Waals surface area contributed by atoms with Crippen LogP contribution in [0.1, 0.15) is 13.3 Å². The molecule has 1 amide bonds. The molecular formula is C13H19N3O2. The highest BCUT2D eigenvalue weighted by atomic mass is 16.5. The lowest BCUT2D eigenvalue weighted by molar-refractivity contribution is -0.137. The number of amides is 1. The zero-order chi connectivity index (χ0) is 13.0. The van der Waals surface area contributed by atoms with Crippen LogP contribution in [0.15, 0.2) is 24.5 Å². The number of hydrogen-bond donors (Lipinski definition) is 1. The molecule has 2 rings (SSSR count). The number of pyridine rings is 1. The third kappa shape index (κ3) is 2.98. The van der Waals surface area contributed by atoms with Crippen LogP contribution in [-0.4, -0.2) is 41.5 Å². The minimum atomic E-state index is -0.481. The van der Waals surface area contributed by atoms with Crippen molar-refractivity contribution in [2.75, 3.05) is 19.6 Å². The monoisotopic (exact) mass is 249 g/mol. The predicted molar refractivity (Wildman–Crippen MR) is 68.1 cm³/mol. The molecule has 1 aliphatic rings. The third-order valence-electron chi connectivity index (χ3n) is 3.23. The van der Waals surface area contributed by atoms with E-state index in [4.69, 9.17) is 10.5 Å². The van der Waals surface area contributed by atoms with Crippen molar-refractivity contribution in [3.63, 3.8) is 0 Å². The van der Waals surface area contributed by atoms with E-state index in [0.717, 1.165) is 19.5 Å². The van der Waals surface area contributed by atoms with Gasteiger partial charge in [-0.2, -0.15) is 0 Å². The standard InChI is InChI=1S/C13H19N3O2/c1-10(18-12-3-2-5-15-8-12)13(17)16-6-4-11(7-14)9-16/h2-3,5,8,10-11H,4,6-7,9,14H2,1H3. The summed E-state index contributed by atoms with van der Waals surface area (Å²) in [4.78, 5) is 17.9. The molecule has 0 bridgehead atoms. The zero-order valence-electron chi connectivity index (χ0n) is 10.6. The van der Waals surface area contributed by atoms with Crippen LogP contribution in [0.4, 0.5) is 0 Å². The molecule has 2 heterocycles. The number of hydrogen-bond acceptors (Lipinski definition) is 4. The Hall–Kier alpha value is -1.62. The van der Waals surface area contributed by atoms with Crippen LogP contribution >= 0.6 is 0 Å². The molecule has 0 radical (unpaired) electrons. The van der Waals surface area contributed by atoms with Gasteiger partial charge in [0.1, 0.15) is 5.75 Å². The van der Waals surface area contributed by atoms with Gasteiger partial charge in [-0.25, -0.2) is 0 Å². The van der Waals surface area contributed by atoms with E-state index in [1.165, 1.54) is 0 Å². The first-order valence-corrected chi connectivity index (χ1v) is 6.26. The fraction of sp³-hybridized carbons (Fsp3) is 0.538. The van der Waals surface area contributed by atoms with Gasteiger partial charge in [-0.1, -0.05) is 0 Å². The Morgan fingerprint density at radius 3 is 3.17 bits per heavy atom. The highest BCUT2D eigenvalue weighted by Crippen LogP contribution is 2.17. The number of carbonyl (C=O) groups is 1. The molecule has 0 saturated carbocycles. The summed E-state index contributed by atoms with van der Waals surface area (Å²) in [6, 6.07) is 3.58. The van der Waals surface area contributed by atoms with Gasteiger partial charge >= 0.3 is 0 Å². The largest absolute Gasteiger partial charge is 0.479 e. The van der Waals surface area contributed by atoms with Crippen molar-refractivity contribution < 1.29 is 9.53 Å². The minimum absolute atomic E-state index is 0.0230. The summed E-state index contributed by atoms with van der Waals surface area (Å²) in [6.07, 6.45) is 3.79. The van der Waals surface area contributed by atoms with Gasteiger partial charge in [-0.15, -0.1) is 0 Å². The van der Waals surface area contributed by atoms with Gasteiger partial charge in [0.25, 0.3) is 5.91 Å². The second kappa shape index (κ2) is 5.82. The Bertz CT molecular complexity index is 396. The van der Waals surface area contributed by atoms with Gasteiger partial charge in [0.15, 0.2) is 6.10 Å². The van der Waals surface area contributed by atoms with E-state index in [9.17, 15) is 4.79 Å². The van der Waals surface area contributed by atoms with Gasteiger partial charge in [-0.3, -0.25) is 9.78 Å². The van der Waals surface area contributed by atoms with E-state index in [1.807, 2.05) is 4.90 Å². The van der Waals surface area contributed by atoms with Gasteiger partial charge in [0.05, 0.1) is 6.20 Å². The molecule has 1 fully saturated rings. The fourth-order valence-electron chi connectivity index (χ4n) is 2.15.